The summed E-state index contributed by atoms with van der Waals surface area (Å²) in [5.41, 5.74) is 0. The van der Waals surface area contributed by atoms with E-state index < -0.39 is 0 Å². The summed E-state index contributed by atoms with van der Waals surface area (Å²) >= 11 is 0. The van der Waals surface area contributed by atoms with Gasteiger partial charge in [-0.05, 0) is 65.3 Å². The highest BCUT2D eigenvalue weighted by Crippen LogP contribution is 2.52. The van der Waals surface area contributed by atoms with Crippen molar-refractivity contribution >= 4 is 32.7 Å². The molecule has 3 aliphatic heterocycles. The lowest BCUT2D eigenvalue weighted by molar-refractivity contribution is 1.23. The number of allylic oxidation sites excluding steroid dienone is 6. The highest BCUT2D eigenvalue weighted by molar-refractivity contribution is 8.23. The Kier molecular flexibility index (Phi) is 3.72. The van der Waals surface area contributed by atoms with Crippen LogP contribution < -0.4 is 0 Å². The van der Waals surface area contributed by atoms with E-state index in [-0.39, 0.29) is 32.7 Å². The average Bonchev–Trinajstić information content (AvgIpc) is 3.29. The summed E-state index contributed by atoms with van der Waals surface area (Å²) in [5, 5.41) is 14.1. The van der Waals surface area contributed by atoms with Gasteiger partial charge in [-0.15, -0.1) is 0 Å². The van der Waals surface area contributed by atoms with Crippen LogP contribution in [-0.4, -0.2) is 0 Å². The fourth-order valence-corrected chi connectivity index (χ4v) is 7.62. The maximum atomic E-state index is 2.43. The Morgan fingerprint density at radius 2 is 0.619 bits per heavy atom. The predicted octanol–water partition coefficient (Wildman–Crippen LogP) is 5.89. The topological polar surface area (TPSA) is 0 Å². The van der Waals surface area contributed by atoms with E-state index in [9.17, 15) is 0 Å². The Balaban J connectivity index is 1.79. The van der Waals surface area contributed by atoms with Gasteiger partial charge >= 0.3 is 0 Å². The molecule has 108 valence electrons. The first-order chi connectivity index (χ1) is 10.4. The molecular weight excluding hydrogens is 312 g/mol. The quantitative estimate of drug-likeness (QED) is 0.565. The molecule has 0 bridgehead atoms. The molecule has 0 N–H and O–H groups in total. The first-order valence-electron chi connectivity index (χ1n) is 6.95. The van der Waals surface area contributed by atoms with Crippen LogP contribution in [0.3, 0.4) is 0 Å². The predicted molar refractivity (Wildman–Crippen MR) is 103 cm³/mol. The van der Waals surface area contributed by atoms with Gasteiger partial charge in [0, 0.05) is 0 Å². The number of benzene rings is 1. The summed E-state index contributed by atoms with van der Waals surface area (Å²) in [5.74, 6) is 0. The minimum atomic E-state index is -0.238. The van der Waals surface area contributed by atoms with Crippen LogP contribution >= 0.6 is 32.7 Å². The van der Waals surface area contributed by atoms with Crippen molar-refractivity contribution in [2.45, 2.75) is 14.7 Å². The van der Waals surface area contributed by atoms with Crippen LogP contribution in [0, 0.1) is 0 Å². The molecule has 0 radical (unpaired) electrons. The van der Waals surface area contributed by atoms with Crippen LogP contribution in [0.1, 0.15) is 0 Å². The minimum Gasteiger partial charge on any atom is -0.186 e. The second kappa shape index (κ2) is 5.84. The van der Waals surface area contributed by atoms with E-state index in [4.69, 9.17) is 0 Å². The molecule has 0 atom stereocenters. The SMILES string of the molecule is C1=C[SH](c2cc([SH]3C=CC=C3)cc([SH]3C=CC=C3)c2)C=C1. The molecular formula is C18H18S3. The van der Waals surface area contributed by atoms with E-state index in [1.54, 1.807) is 0 Å². The number of hydrogen-bond acceptors (Lipinski definition) is 0. The molecule has 0 saturated heterocycles. The second-order valence-corrected chi connectivity index (χ2v) is 10.8. The Hall–Kier alpha value is -1.29. The molecule has 1 aromatic carbocycles. The first-order valence-corrected chi connectivity index (χ1v) is 11.4. The monoisotopic (exact) mass is 330 g/mol. The Labute approximate surface area is 134 Å². The molecule has 0 nitrogen and oxygen atoms in total. The summed E-state index contributed by atoms with van der Waals surface area (Å²) in [4.78, 5) is 4.49. The van der Waals surface area contributed by atoms with Gasteiger partial charge < -0.3 is 0 Å². The standard InChI is InChI=1S/C18H18S3/c1-2-8-19(7-1)16-13-17(20-9-3-4-10-20)15-18(14-16)21-11-5-6-12-21/h1-15,19-21H. The third-order valence-corrected chi connectivity index (χ3v) is 9.12. The largest absolute Gasteiger partial charge is 0.186 e. The van der Waals surface area contributed by atoms with Crippen LogP contribution in [0.2, 0.25) is 0 Å². The fraction of sp³-hybridized carbons (Fsp3) is 0. The molecule has 0 amide bonds. The zero-order valence-corrected chi connectivity index (χ0v) is 14.2. The van der Waals surface area contributed by atoms with Gasteiger partial charge in [0.2, 0.25) is 0 Å². The van der Waals surface area contributed by atoms with Crippen LogP contribution in [0.4, 0.5) is 0 Å². The maximum Gasteiger partial charge on any atom is -0.00337 e. The second-order valence-electron chi connectivity index (χ2n) is 4.98. The third kappa shape index (κ3) is 2.73. The van der Waals surface area contributed by atoms with E-state index in [1.165, 1.54) is 14.7 Å². The van der Waals surface area contributed by atoms with Crippen molar-refractivity contribution in [3.05, 3.63) is 87.1 Å². The Bertz CT molecular complexity index is 587. The van der Waals surface area contributed by atoms with E-state index >= 15 is 0 Å². The van der Waals surface area contributed by atoms with Crippen molar-refractivity contribution in [1.82, 2.24) is 0 Å². The van der Waals surface area contributed by atoms with Gasteiger partial charge in [0.25, 0.3) is 0 Å². The van der Waals surface area contributed by atoms with Gasteiger partial charge in [-0.3, -0.25) is 0 Å². The zero-order valence-electron chi connectivity index (χ0n) is 11.5. The molecule has 0 saturated carbocycles. The summed E-state index contributed by atoms with van der Waals surface area (Å²) < 4.78 is 0. The summed E-state index contributed by atoms with van der Waals surface area (Å²) in [7, 11) is -0.714. The van der Waals surface area contributed by atoms with E-state index in [0.717, 1.165) is 0 Å². The van der Waals surface area contributed by atoms with Crippen molar-refractivity contribution in [3.63, 3.8) is 0 Å². The van der Waals surface area contributed by atoms with Gasteiger partial charge in [-0.25, -0.2) is 0 Å². The number of thiol groups is 3. The highest BCUT2D eigenvalue weighted by Gasteiger charge is 2.13. The van der Waals surface area contributed by atoms with Crippen molar-refractivity contribution in [2.24, 2.45) is 0 Å². The van der Waals surface area contributed by atoms with Gasteiger partial charge in [-0.1, -0.05) is 36.5 Å². The van der Waals surface area contributed by atoms with Crippen molar-refractivity contribution in [1.29, 1.82) is 0 Å². The molecule has 3 heterocycles. The van der Waals surface area contributed by atoms with Crippen LogP contribution in [-0.2, 0) is 0 Å². The van der Waals surface area contributed by atoms with E-state index in [0.29, 0.717) is 0 Å². The van der Waals surface area contributed by atoms with Crippen LogP contribution in [0.25, 0.3) is 0 Å². The normalized spacial score (nSPS) is 23.1. The van der Waals surface area contributed by atoms with Gasteiger partial charge in [0.15, 0.2) is 0 Å². The van der Waals surface area contributed by atoms with Crippen molar-refractivity contribution < 1.29 is 0 Å². The molecule has 4 rings (SSSR count). The highest BCUT2D eigenvalue weighted by atomic mass is 32.2. The molecule has 3 heteroatoms. The fourth-order valence-electron chi connectivity index (χ4n) is 2.55. The molecule has 0 aromatic heterocycles. The molecule has 0 spiro atoms. The lowest BCUT2D eigenvalue weighted by Gasteiger charge is -2.21. The van der Waals surface area contributed by atoms with E-state index in [1.807, 2.05) is 0 Å². The molecule has 1 aromatic rings. The number of rotatable bonds is 3. The average molecular weight is 331 g/mol. The summed E-state index contributed by atoms with van der Waals surface area (Å²) in [6.45, 7) is 0. The summed E-state index contributed by atoms with van der Waals surface area (Å²) in [6, 6.07) is 7.29. The molecule has 0 aliphatic carbocycles. The lowest BCUT2D eigenvalue weighted by atomic mass is 10.4. The molecule has 0 unspecified atom stereocenters. The van der Waals surface area contributed by atoms with Crippen molar-refractivity contribution in [2.75, 3.05) is 0 Å². The summed E-state index contributed by atoms with van der Waals surface area (Å²) in [6.07, 6.45) is 13.1. The molecule has 3 aliphatic rings. The Morgan fingerprint density at radius 1 is 0.381 bits per heavy atom. The van der Waals surface area contributed by atoms with Gasteiger partial charge in [-0.2, -0.15) is 32.7 Å². The van der Waals surface area contributed by atoms with Gasteiger partial charge in [0.05, 0.1) is 0 Å². The van der Waals surface area contributed by atoms with E-state index in [2.05, 4.69) is 87.1 Å². The first kappa shape index (κ1) is 13.4. The molecule has 21 heavy (non-hydrogen) atoms. The maximum absolute atomic E-state index is 2.43. The smallest absolute Gasteiger partial charge is 0.00337 e. The van der Waals surface area contributed by atoms with Crippen molar-refractivity contribution in [3.8, 4) is 0 Å². The zero-order chi connectivity index (χ0) is 14.1. The minimum absolute atomic E-state index is 0.238. The molecule has 0 fully saturated rings. The van der Waals surface area contributed by atoms with Crippen LogP contribution in [0.5, 0.6) is 0 Å². The van der Waals surface area contributed by atoms with Crippen LogP contribution in [0.15, 0.2) is 102 Å². The number of hydrogen-bond donors (Lipinski definition) is 3. The third-order valence-electron chi connectivity index (χ3n) is 3.60. The Morgan fingerprint density at radius 3 is 0.857 bits per heavy atom. The van der Waals surface area contributed by atoms with Gasteiger partial charge in [0.1, 0.15) is 0 Å². The lowest BCUT2D eigenvalue weighted by Crippen LogP contribution is -1.85.